The Balaban J connectivity index is 1.70. The Kier molecular flexibility index (Phi) is 5.42. The third-order valence-corrected chi connectivity index (χ3v) is 5.18. The van der Waals surface area contributed by atoms with Crippen molar-refractivity contribution >= 4 is 23.4 Å². The zero-order chi connectivity index (χ0) is 18.7. The third kappa shape index (κ3) is 3.96. The van der Waals surface area contributed by atoms with Gasteiger partial charge in [-0.3, -0.25) is 4.79 Å². The lowest BCUT2D eigenvalue weighted by Crippen LogP contribution is -2.33. The van der Waals surface area contributed by atoms with Gasteiger partial charge in [0.2, 0.25) is 11.8 Å². The van der Waals surface area contributed by atoms with Crippen molar-refractivity contribution in [3.05, 3.63) is 59.7 Å². The number of hydrogen-bond acceptors (Lipinski definition) is 5. The number of nitrogens with zero attached hydrogens (tertiary/aromatic N) is 3. The van der Waals surface area contributed by atoms with E-state index in [0.717, 1.165) is 11.3 Å². The zero-order valence-corrected chi connectivity index (χ0v) is 16.1. The number of amides is 1. The second-order valence-electron chi connectivity index (χ2n) is 6.17. The Bertz CT molecular complexity index is 908. The Labute approximate surface area is 157 Å². The SMILES string of the molecule is Cc1ccc(-c2nnc(S[C@H](C)C(=O)N(C)c3ccccc3)o2)cc1C. The summed E-state index contributed by atoms with van der Waals surface area (Å²) in [7, 11) is 1.77. The monoisotopic (exact) mass is 367 g/mol. The first-order valence-corrected chi connectivity index (χ1v) is 9.24. The number of para-hydroxylation sites is 1. The number of hydrogen-bond donors (Lipinski definition) is 0. The Morgan fingerprint density at radius 1 is 1.08 bits per heavy atom. The number of carbonyl (C=O) groups excluding carboxylic acids is 1. The minimum Gasteiger partial charge on any atom is -0.411 e. The second-order valence-corrected chi connectivity index (χ2v) is 7.46. The topological polar surface area (TPSA) is 59.2 Å². The van der Waals surface area contributed by atoms with Crippen LogP contribution in [0.5, 0.6) is 0 Å². The van der Waals surface area contributed by atoms with E-state index in [0.29, 0.717) is 11.1 Å². The van der Waals surface area contributed by atoms with E-state index in [4.69, 9.17) is 4.42 Å². The van der Waals surface area contributed by atoms with E-state index in [1.165, 1.54) is 22.9 Å². The van der Waals surface area contributed by atoms with Crippen LogP contribution in [0.25, 0.3) is 11.5 Å². The molecule has 134 valence electrons. The molecule has 1 atom stereocenters. The van der Waals surface area contributed by atoms with Gasteiger partial charge < -0.3 is 9.32 Å². The van der Waals surface area contributed by atoms with Gasteiger partial charge in [-0.1, -0.05) is 36.0 Å². The van der Waals surface area contributed by atoms with Gasteiger partial charge in [-0.2, -0.15) is 0 Å². The maximum Gasteiger partial charge on any atom is 0.277 e. The minimum atomic E-state index is -0.340. The number of aromatic nitrogens is 2. The van der Waals surface area contributed by atoms with Crippen LogP contribution in [0.2, 0.25) is 0 Å². The first kappa shape index (κ1) is 18.2. The molecule has 0 bridgehead atoms. The largest absolute Gasteiger partial charge is 0.411 e. The molecule has 1 amide bonds. The van der Waals surface area contributed by atoms with Crippen molar-refractivity contribution in [2.45, 2.75) is 31.2 Å². The summed E-state index contributed by atoms with van der Waals surface area (Å²) in [4.78, 5) is 14.3. The fraction of sp³-hybridized carbons (Fsp3) is 0.250. The molecule has 0 saturated heterocycles. The molecule has 0 spiro atoms. The van der Waals surface area contributed by atoms with Gasteiger partial charge in [0.25, 0.3) is 5.22 Å². The molecular formula is C20H21N3O2S. The lowest BCUT2D eigenvalue weighted by Gasteiger charge is -2.20. The molecule has 0 aliphatic heterocycles. The number of benzene rings is 2. The van der Waals surface area contributed by atoms with Crippen molar-refractivity contribution in [2.75, 3.05) is 11.9 Å². The van der Waals surface area contributed by atoms with Gasteiger partial charge in [0.05, 0.1) is 5.25 Å². The highest BCUT2D eigenvalue weighted by Gasteiger charge is 2.22. The van der Waals surface area contributed by atoms with Gasteiger partial charge in [0.1, 0.15) is 0 Å². The molecule has 6 heteroatoms. The summed E-state index contributed by atoms with van der Waals surface area (Å²) < 4.78 is 5.74. The van der Waals surface area contributed by atoms with E-state index in [2.05, 4.69) is 17.1 Å². The van der Waals surface area contributed by atoms with Gasteiger partial charge in [-0.05, 0) is 56.2 Å². The normalized spacial score (nSPS) is 12.0. The number of aryl methyl sites for hydroxylation is 2. The zero-order valence-electron chi connectivity index (χ0n) is 15.3. The summed E-state index contributed by atoms with van der Waals surface area (Å²) in [6, 6.07) is 15.6. The number of carbonyl (C=O) groups is 1. The molecule has 26 heavy (non-hydrogen) atoms. The van der Waals surface area contributed by atoms with Crippen LogP contribution in [0.4, 0.5) is 5.69 Å². The number of rotatable bonds is 5. The average molecular weight is 367 g/mol. The maximum atomic E-state index is 12.6. The molecular weight excluding hydrogens is 346 g/mol. The van der Waals surface area contributed by atoms with Crippen LogP contribution in [0.1, 0.15) is 18.1 Å². The first-order chi connectivity index (χ1) is 12.5. The van der Waals surface area contributed by atoms with Crippen LogP contribution in [-0.4, -0.2) is 28.4 Å². The second kappa shape index (κ2) is 7.74. The van der Waals surface area contributed by atoms with Gasteiger partial charge >= 0.3 is 0 Å². The summed E-state index contributed by atoms with van der Waals surface area (Å²) in [6.07, 6.45) is 0. The van der Waals surface area contributed by atoms with Gasteiger partial charge in [0, 0.05) is 18.3 Å². The van der Waals surface area contributed by atoms with Gasteiger partial charge in [-0.15, -0.1) is 10.2 Å². The molecule has 1 heterocycles. The van der Waals surface area contributed by atoms with Crippen LogP contribution in [0.3, 0.4) is 0 Å². The molecule has 0 N–H and O–H groups in total. The van der Waals surface area contributed by atoms with Crippen molar-refractivity contribution in [1.82, 2.24) is 10.2 Å². The van der Waals surface area contributed by atoms with E-state index in [1.54, 1.807) is 11.9 Å². The Morgan fingerprint density at radius 3 is 2.50 bits per heavy atom. The Hall–Kier alpha value is -2.60. The van der Waals surface area contributed by atoms with Crippen molar-refractivity contribution in [2.24, 2.45) is 0 Å². The lowest BCUT2D eigenvalue weighted by molar-refractivity contribution is -0.117. The van der Waals surface area contributed by atoms with Crippen LogP contribution in [0, 0.1) is 13.8 Å². The molecule has 2 aromatic carbocycles. The van der Waals surface area contributed by atoms with Crippen molar-refractivity contribution < 1.29 is 9.21 Å². The molecule has 0 aliphatic carbocycles. The minimum absolute atomic E-state index is 0.0212. The molecule has 0 aliphatic rings. The molecule has 3 aromatic rings. The van der Waals surface area contributed by atoms with Crippen molar-refractivity contribution in [1.29, 1.82) is 0 Å². The summed E-state index contributed by atoms with van der Waals surface area (Å²) in [5.74, 6) is 0.443. The first-order valence-electron chi connectivity index (χ1n) is 8.36. The fourth-order valence-electron chi connectivity index (χ4n) is 2.50. The van der Waals surface area contributed by atoms with E-state index >= 15 is 0 Å². The lowest BCUT2D eigenvalue weighted by atomic mass is 10.1. The van der Waals surface area contributed by atoms with E-state index < -0.39 is 0 Å². The van der Waals surface area contributed by atoms with Crippen molar-refractivity contribution in [3.8, 4) is 11.5 Å². The van der Waals surface area contributed by atoms with E-state index in [9.17, 15) is 4.79 Å². The van der Waals surface area contributed by atoms with E-state index in [1.807, 2.05) is 62.4 Å². The number of anilines is 1. The summed E-state index contributed by atoms with van der Waals surface area (Å²) in [5, 5.41) is 8.23. The van der Waals surface area contributed by atoms with Crippen LogP contribution in [0.15, 0.2) is 58.2 Å². The molecule has 0 saturated carbocycles. The predicted molar refractivity (Wildman–Crippen MR) is 104 cm³/mol. The quantitative estimate of drug-likeness (QED) is 0.622. The molecule has 1 aromatic heterocycles. The standard InChI is InChI=1S/C20H21N3O2S/c1-13-10-11-16(12-14(13)2)18-21-22-20(25-18)26-15(3)19(24)23(4)17-8-6-5-7-9-17/h5-12,15H,1-4H3/t15-/m1/s1. The van der Waals surface area contributed by atoms with Gasteiger partial charge in [0.15, 0.2) is 0 Å². The van der Waals surface area contributed by atoms with Crippen LogP contribution in [-0.2, 0) is 4.79 Å². The highest BCUT2D eigenvalue weighted by atomic mass is 32.2. The third-order valence-electron chi connectivity index (χ3n) is 4.26. The molecule has 3 rings (SSSR count). The number of thioether (sulfide) groups is 1. The Morgan fingerprint density at radius 2 is 1.81 bits per heavy atom. The van der Waals surface area contributed by atoms with Crippen LogP contribution < -0.4 is 4.90 Å². The fourth-order valence-corrected chi connectivity index (χ4v) is 3.28. The summed E-state index contributed by atoms with van der Waals surface area (Å²) in [6.45, 7) is 5.95. The summed E-state index contributed by atoms with van der Waals surface area (Å²) in [5.41, 5.74) is 4.12. The highest BCUT2D eigenvalue weighted by molar-refractivity contribution is 8.00. The van der Waals surface area contributed by atoms with Gasteiger partial charge in [-0.25, -0.2) is 0 Å². The average Bonchev–Trinajstić information content (AvgIpc) is 3.12. The maximum absolute atomic E-state index is 12.6. The smallest absolute Gasteiger partial charge is 0.277 e. The summed E-state index contributed by atoms with van der Waals surface area (Å²) >= 11 is 1.27. The molecule has 0 fully saturated rings. The van der Waals surface area contributed by atoms with Crippen molar-refractivity contribution in [3.63, 3.8) is 0 Å². The van der Waals surface area contributed by atoms with E-state index in [-0.39, 0.29) is 11.2 Å². The molecule has 0 radical (unpaired) electrons. The van der Waals surface area contributed by atoms with Crippen LogP contribution >= 0.6 is 11.8 Å². The predicted octanol–water partition coefficient (Wildman–Crippen LogP) is 4.50. The molecule has 0 unspecified atom stereocenters. The highest BCUT2D eigenvalue weighted by Crippen LogP contribution is 2.28. The molecule has 5 nitrogen and oxygen atoms in total.